The van der Waals surface area contributed by atoms with Crippen molar-refractivity contribution in [2.75, 3.05) is 0 Å². The van der Waals surface area contributed by atoms with Gasteiger partial charge in [0.1, 0.15) is 10.8 Å². The van der Waals surface area contributed by atoms with Crippen molar-refractivity contribution >= 4 is 23.2 Å². The van der Waals surface area contributed by atoms with Crippen LogP contribution in [-0.4, -0.2) is 25.6 Å². The second-order valence-corrected chi connectivity index (χ2v) is 6.17. The molecule has 1 aromatic carbocycles. The van der Waals surface area contributed by atoms with Crippen molar-refractivity contribution in [3.05, 3.63) is 50.5 Å². The summed E-state index contributed by atoms with van der Waals surface area (Å²) < 4.78 is 1.91. The summed E-state index contributed by atoms with van der Waals surface area (Å²) in [5.41, 5.74) is 0.0265. The predicted molar refractivity (Wildman–Crippen MR) is 86.9 cm³/mol. The summed E-state index contributed by atoms with van der Waals surface area (Å²) in [6.07, 6.45) is 3.46. The lowest BCUT2D eigenvalue weighted by Gasteiger charge is -2.24. The van der Waals surface area contributed by atoms with Crippen LogP contribution in [0, 0.1) is 10.1 Å². The molecule has 1 aliphatic rings. The van der Waals surface area contributed by atoms with Gasteiger partial charge in [0.25, 0.3) is 11.6 Å². The van der Waals surface area contributed by atoms with Crippen molar-refractivity contribution < 1.29 is 9.72 Å². The molecule has 0 spiro atoms. The summed E-state index contributed by atoms with van der Waals surface area (Å²) >= 11 is 5.82. The summed E-state index contributed by atoms with van der Waals surface area (Å²) in [6, 6.07) is 3.87. The highest BCUT2D eigenvalue weighted by Crippen LogP contribution is 2.35. The van der Waals surface area contributed by atoms with Gasteiger partial charge >= 0.3 is 0 Å². The van der Waals surface area contributed by atoms with Gasteiger partial charge in [-0.1, -0.05) is 18.0 Å². The summed E-state index contributed by atoms with van der Waals surface area (Å²) in [5, 5.41) is 21.7. The van der Waals surface area contributed by atoms with E-state index in [9.17, 15) is 14.9 Å². The molecular formula is C15H16ClN5O3. The Morgan fingerprint density at radius 1 is 1.46 bits per heavy atom. The first kappa shape index (κ1) is 16.4. The van der Waals surface area contributed by atoms with Crippen LogP contribution >= 0.6 is 11.6 Å². The highest BCUT2D eigenvalue weighted by molar-refractivity contribution is 6.33. The molecule has 9 heteroatoms. The van der Waals surface area contributed by atoms with Crippen LogP contribution in [0.25, 0.3) is 0 Å². The third-order valence-corrected chi connectivity index (χ3v) is 4.59. The number of aromatic nitrogens is 3. The molecule has 0 saturated heterocycles. The van der Waals surface area contributed by atoms with E-state index in [1.165, 1.54) is 24.6 Å². The molecule has 0 atom stereocenters. The lowest BCUT2D eigenvalue weighted by molar-refractivity contribution is -0.384. The molecule has 24 heavy (non-hydrogen) atoms. The van der Waals surface area contributed by atoms with E-state index >= 15 is 0 Å². The Morgan fingerprint density at radius 2 is 2.21 bits per heavy atom. The molecule has 1 fully saturated rings. The third-order valence-electron chi connectivity index (χ3n) is 4.28. The molecule has 3 rings (SSSR count). The van der Waals surface area contributed by atoms with Gasteiger partial charge in [-0.3, -0.25) is 14.9 Å². The Hall–Kier alpha value is -2.48. The minimum absolute atomic E-state index is 0.0708. The fraction of sp³-hybridized carbons (Fsp3) is 0.400. The molecule has 8 nitrogen and oxygen atoms in total. The van der Waals surface area contributed by atoms with Gasteiger partial charge in [-0.05, 0) is 25.0 Å². The Kier molecular flexibility index (Phi) is 4.48. The van der Waals surface area contributed by atoms with Crippen LogP contribution in [0.1, 0.15) is 47.2 Å². The number of nitro groups is 1. The Bertz CT molecular complexity index is 800. The van der Waals surface area contributed by atoms with Gasteiger partial charge < -0.3 is 9.88 Å². The Balaban J connectivity index is 1.66. The lowest BCUT2D eigenvalue weighted by Crippen LogP contribution is -2.25. The van der Waals surface area contributed by atoms with Crippen molar-refractivity contribution in [3.63, 3.8) is 0 Å². The fourth-order valence-corrected chi connectivity index (χ4v) is 2.86. The van der Waals surface area contributed by atoms with E-state index in [4.69, 9.17) is 11.6 Å². The number of hydrogen-bond donors (Lipinski definition) is 1. The number of benzene rings is 1. The van der Waals surface area contributed by atoms with E-state index in [2.05, 4.69) is 15.5 Å². The zero-order valence-corrected chi connectivity index (χ0v) is 13.8. The average molecular weight is 350 g/mol. The Morgan fingerprint density at radius 3 is 2.79 bits per heavy atom. The molecule has 126 valence electrons. The van der Waals surface area contributed by atoms with Crippen LogP contribution in [0.2, 0.25) is 5.02 Å². The van der Waals surface area contributed by atoms with E-state index in [1.807, 2.05) is 11.6 Å². The molecule has 1 saturated carbocycles. The van der Waals surface area contributed by atoms with Gasteiger partial charge in [-0.2, -0.15) is 0 Å². The highest BCUT2D eigenvalue weighted by atomic mass is 35.5. The van der Waals surface area contributed by atoms with Crippen molar-refractivity contribution in [2.24, 2.45) is 7.05 Å². The van der Waals surface area contributed by atoms with Crippen LogP contribution in [0.5, 0.6) is 0 Å². The highest BCUT2D eigenvalue weighted by Gasteiger charge is 2.25. The number of rotatable bonds is 5. The number of nitrogens with one attached hydrogen (secondary N) is 1. The van der Waals surface area contributed by atoms with Crippen LogP contribution < -0.4 is 5.32 Å². The summed E-state index contributed by atoms with van der Waals surface area (Å²) in [6.45, 7) is 0.226. The van der Waals surface area contributed by atoms with E-state index < -0.39 is 4.92 Å². The molecule has 0 aliphatic heterocycles. The zero-order valence-electron chi connectivity index (χ0n) is 13.0. The van der Waals surface area contributed by atoms with Crippen LogP contribution in [-0.2, 0) is 13.6 Å². The number of carbonyl (C=O) groups is 1. The maximum atomic E-state index is 12.2. The lowest BCUT2D eigenvalue weighted by atomic mass is 9.85. The third kappa shape index (κ3) is 3.09. The number of carbonyl (C=O) groups excluding carboxylic acids is 1. The van der Waals surface area contributed by atoms with Crippen molar-refractivity contribution in [1.82, 2.24) is 20.1 Å². The molecule has 0 unspecified atom stereocenters. The topological polar surface area (TPSA) is 103 Å². The molecule has 2 aromatic rings. The molecule has 1 amide bonds. The zero-order chi connectivity index (χ0) is 17.3. The summed E-state index contributed by atoms with van der Waals surface area (Å²) in [7, 11) is 1.89. The smallest absolute Gasteiger partial charge is 0.287 e. The Labute approximate surface area is 143 Å². The van der Waals surface area contributed by atoms with Gasteiger partial charge in [0.15, 0.2) is 5.82 Å². The SMILES string of the molecule is Cn1c(CNC(=O)c2ccc([N+](=O)[O-])c(Cl)c2)nnc1C1CCC1. The van der Waals surface area contributed by atoms with E-state index in [-0.39, 0.29) is 28.7 Å². The quantitative estimate of drug-likeness (QED) is 0.660. The maximum Gasteiger partial charge on any atom is 0.287 e. The minimum Gasteiger partial charge on any atom is -0.345 e. The standard InChI is InChI=1S/C15H16ClN5O3/c1-20-13(18-19-14(20)9-3-2-4-9)8-17-15(22)10-5-6-12(21(23)24)11(16)7-10/h5-7,9H,2-4,8H2,1H3,(H,17,22). The van der Waals surface area contributed by atoms with Crippen LogP contribution in [0.15, 0.2) is 18.2 Å². The summed E-state index contributed by atoms with van der Waals surface area (Å²) in [4.78, 5) is 22.3. The average Bonchev–Trinajstić information content (AvgIpc) is 2.84. The van der Waals surface area contributed by atoms with Crippen molar-refractivity contribution in [3.8, 4) is 0 Å². The second-order valence-electron chi connectivity index (χ2n) is 5.77. The fourth-order valence-electron chi connectivity index (χ4n) is 2.61. The molecule has 0 bridgehead atoms. The van der Waals surface area contributed by atoms with Gasteiger partial charge in [0, 0.05) is 24.6 Å². The van der Waals surface area contributed by atoms with E-state index in [0.717, 1.165) is 18.7 Å². The monoisotopic (exact) mass is 349 g/mol. The van der Waals surface area contributed by atoms with Gasteiger partial charge in [0.2, 0.25) is 0 Å². The second kappa shape index (κ2) is 6.56. The number of amides is 1. The molecule has 1 heterocycles. The van der Waals surface area contributed by atoms with Crippen LogP contribution in [0.3, 0.4) is 0 Å². The normalized spacial score (nSPS) is 14.2. The molecular weight excluding hydrogens is 334 g/mol. The van der Waals surface area contributed by atoms with Gasteiger partial charge in [-0.15, -0.1) is 10.2 Å². The number of nitro benzene ring substituents is 1. The predicted octanol–water partition coefficient (Wildman–Crippen LogP) is 2.57. The first-order valence-corrected chi connectivity index (χ1v) is 7.95. The molecule has 1 aliphatic carbocycles. The number of halogens is 1. The van der Waals surface area contributed by atoms with Crippen molar-refractivity contribution in [2.45, 2.75) is 31.7 Å². The van der Waals surface area contributed by atoms with Crippen molar-refractivity contribution in [1.29, 1.82) is 0 Å². The number of nitrogens with zero attached hydrogens (tertiary/aromatic N) is 4. The molecule has 1 aromatic heterocycles. The molecule has 1 N–H and O–H groups in total. The van der Waals surface area contributed by atoms with Crippen LogP contribution in [0.4, 0.5) is 5.69 Å². The first-order valence-electron chi connectivity index (χ1n) is 7.57. The number of hydrogen-bond acceptors (Lipinski definition) is 5. The molecule has 0 radical (unpaired) electrons. The minimum atomic E-state index is -0.592. The van der Waals surface area contributed by atoms with Gasteiger partial charge in [-0.25, -0.2) is 0 Å². The summed E-state index contributed by atoms with van der Waals surface area (Å²) in [5.74, 6) is 1.70. The largest absolute Gasteiger partial charge is 0.345 e. The van der Waals surface area contributed by atoms with Gasteiger partial charge in [0.05, 0.1) is 11.5 Å². The maximum absolute atomic E-state index is 12.2. The first-order chi connectivity index (χ1) is 11.5. The van der Waals surface area contributed by atoms with E-state index in [1.54, 1.807) is 0 Å². The van der Waals surface area contributed by atoms with E-state index in [0.29, 0.717) is 11.7 Å².